The number of nitrogens with two attached hydrogens (primary N) is 1. The molecule has 0 bridgehead atoms. The Morgan fingerprint density at radius 2 is 1.90 bits per heavy atom. The number of hydrogen-bond donors (Lipinski definition) is 1. The van der Waals surface area contributed by atoms with Crippen molar-refractivity contribution in [1.29, 1.82) is 0 Å². The van der Waals surface area contributed by atoms with Crippen LogP contribution in [0.2, 0.25) is 0 Å². The number of hydrogen-bond acceptors (Lipinski definition) is 3. The highest BCUT2D eigenvalue weighted by Gasteiger charge is 2.17. The zero-order valence-electron chi connectivity index (χ0n) is 7.02. The van der Waals surface area contributed by atoms with Crippen molar-refractivity contribution in [3.05, 3.63) is 0 Å². The predicted octanol–water partition coefficient (Wildman–Crippen LogP) is 0.734. The van der Waals surface area contributed by atoms with E-state index < -0.39 is 5.72 Å². The van der Waals surface area contributed by atoms with E-state index in [0.29, 0.717) is 19.8 Å². The quantitative estimate of drug-likeness (QED) is 0.583. The van der Waals surface area contributed by atoms with Gasteiger partial charge in [-0.15, -0.1) is 0 Å². The average Bonchev–Trinajstić information content (AvgIpc) is 1.84. The van der Waals surface area contributed by atoms with Crippen LogP contribution in [-0.2, 0) is 9.47 Å². The van der Waals surface area contributed by atoms with E-state index in [1.807, 2.05) is 20.8 Å². The van der Waals surface area contributed by atoms with Gasteiger partial charge in [-0.1, -0.05) is 0 Å². The lowest BCUT2D eigenvalue weighted by molar-refractivity contribution is -0.0764. The van der Waals surface area contributed by atoms with Gasteiger partial charge in [0, 0.05) is 13.2 Å². The second-order valence-electron chi connectivity index (χ2n) is 2.38. The lowest BCUT2D eigenvalue weighted by Gasteiger charge is -2.23. The van der Waals surface area contributed by atoms with Crippen molar-refractivity contribution in [1.82, 2.24) is 0 Å². The maximum Gasteiger partial charge on any atom is 0.137 e. The van der Waals surface area contributed by atoms with Gasteiger partial charge >= 0.3 is 0 Å². The van der Waals surface area contributed by atoms with Crippen molar-refractivity contribution < 1.29 is 9.47 Å². The molecule has 0 aromatic rings. The first-order valence-electron chi connectivity index (χ1n) is 3.63. The maximum absolute atomic E-state index is 5.67. The summed E-state index contributed by atoms with van der Waals surface area (Å²) >= 11 is 0. The molecule has 10 heavy (non-hydrogen) atoms. The first-order chi connectivity index (χ1) is 4.62. The van der Waals surface area contributed by atoms with Crippen molar-refractivity contribution in [2.75, 3.05) is 19.8 Å². The number of rotatable bonds is 5. The summed E-state index contributed by atoms with van der Waals surface area (Å²) in [6, 6.07) is 0. The molecule has 0 aliphatic rings. The molecule has 0 aromatic heterocycles. The molecule has 0 saturated carbocycles. The van der Waals surface area contributed by atoms with Gasteiger partial charge in [0.05, 0.1) is 6.61 Å². The summed E-state index contributed by atoms with van der Waals surface area (Å²) in [4.78, 5) is 0. The van der Waals surface area contributed by atoms with E-state index in [9.17, 15) is 0 Å². The van der Waals surface area contributed by atoms with Gasteiger partial charge < -0.3 is 15.2 Å². The lowest BCUT2D eigenvalue weighted by atomic mass is 10.3. The molecule has 0 fully saturated rings. The van der Waals surface area contributed by atoms with Gasteiger partial charge in [-0.05, 0) is 20.8 Å². The lowest BCUT2D eigenvalue weighted by Crippen LogP contribution is -2.44. The summed E-state index contributed by atoms with van der Waals surface area (Å²) in [6.07, 6.45) is 0. The molecule has 3 nitrogen and oxygen atoms in total. The summed E-state index contributed by atoms with van der Waals surface area (Å²) in [5, 5.41) is 0. The summed E-state index contributed by atoms with van der Waals surface area (Å²) < 4.78 is 10.3. The van der Waals surface area contributed by atoms with Crippen LogP contribution < -0.4 is 5.73 Å². The Balaban J connectivity index is 3.42. The Morgan fingerprint density at radius 1 is 1.30 bits per heavy atom. The third kappa shape index (κ3) is 4.73. The monoisotopic (exact) mass is 147 g/mol. The minimum absolute atomic E-state index is 0.456. The third-order valence-electron chi connectivity index (χ3n) is 1.07. The second-order valence-corrected chi connectivity index (χ2v) is 2.38. The number of ether oxygens (including phenoxy) is 2. The highest BCUT2D eigenvalue weighted by Crippen LogP contribution is 2.01. The van der Waals surface area contributed by atoms with Gasteiger partial charge in [0.25, 0.3) is 0 Å². The van der Waals surface area contributed by atoms with E-state index in [2.05, 4.69) is 0 Å². The van der Waals surface area contributed by atoms with Crippen LogP contribution in [0.4, 0.5) is 0 Å². The Hall–Kier alpha value is -0.120. The Bertz CT molecular complexity index is 83.7. The van der Waals surface area contributed by atoms with Crippen molar-refractivity contribution >= 4 is 0 Å². The van der Waals surface area contributed by atoms with E-state index in [-0.39, 0.29) is 0 Å². The molecule has 0 radical (unpaired) electrons. The molecule has 0 rings (SSSR count). The molecule has 1 unspecified atom stereocenters. The molecular formula is C7H17NO2. The molecule has 0 saturated heterocycles. The second kappa shape index (κ2) is 4.66. The van der Waals surface area contributed by atoms with Gasteiger partial charge in [0.1, 0.15) is 5.72 Å². The molecular weight excluding hydrogens is 130 g/mol. The van der Waals surface area contributed by atoms with Crippen LogP contribution in [0.25, 0.3) is 0 Å². The SMILES string of the molecule is CCOCC(C)(N)OCC. The van der Waals surface area contributed by atoms with E-state index >= 15 is 0 Å². The fraction of sp³-hybridized carbons (Fsp3) is 1.00. The molecule has 0 aliphatic heterocycles. The van der Waals surface area contributed by atoms with E-state index in [1.165, 1.54) is 0 Å². The first kappa shape index (κ1) is 9.88. The largest absolute Gasteiger partial charge is 0.377 e. The molecule has 62 valence electrons. The van der Waals surface area contributed by atoms with Gasteiger partial charge in [0.15, 0.2) is 0 Å². The molecule has 2 N–H and O–H groups in total. The average molecular weight is 147 g/mol. The molecule has 0 amide bonds. The smallest absolute Gasteiger partial charge is 0.137 e. The van der Waals surface area contributed by atoms with Crippen LogP contribution >= 0.6 is 0 Å². The molecule has 0 heterocycles. The topological polar surface area (TPSA) is 44.5 Å². The highest BCUT2D eigenvalue weighted by atomic mass is 16.5. The standard InChI is InChI=1S/C7H17NO2/c1-4-9-6-7(3,8)10-5-2/h4-6,8H2,1-3H3. The summed E-state index contributed by atoms with van der Waals surface area (Å²) in [5.74, 6) is 0. The van der Waals surface area contributed by atoms with Crippen LogP contribution in [0, 0.1) is 0 Å². The van der Waals surface area contributed by atoms with Crippen LogP contribution in [-0.4, -0.2) is 25.5 Å². The van der Waals surface area contributed by atoms with E-state index in [0.717, 1.165) is 0 Å². The fourth-order valence-electron chi connectivity index (χ4n) is 0.676. The van der Waals surface area contributed by atoms with E-state index in [1.54, 1.807) is 0 Å². The molecule has 0 aliphatic carbocycles. The Labute approximate surface area is 62.5 Å². The van der Waals surface area contributed by atoms with Gasteiger partial charge in [-0.2, -0.15) is 0 Å². The van der Waals surface area contributed by atoms with Crippen molar-refractivity contribution in [3.8, 4) is 0 Å². The Morgan fingerprint density at radius 3 is 2.30 bits per heavy atom. The summed E-state index contributed by atoms with van der Waals surface area (Å²) in [6.45, 7) is 7.42. The molecule has 0 aromatic carbocycles. The molecule has 3 heteroatoms. The minimum Gasteiger partial charge on any atom is -0.377 e. The normalized spacial score (nSPS) is 16.8. The summed E-state index contributed by atoms with van der Waals surface area (Å²) in [7, 11) is 0. The Kier molecular flexibility index (Phi) is 4.60. The van der Waals surface area contributed by atoms with Crippen LogP contribution in [0.5, 0.6) is 0 Å². The van der Waals surface area contributed by atoms with Crippen molar-refractivity contribution in [2.45, 2.75) is 26.5 Å². The zero-order chi connectivity index (χ0) is 8.04. The van der Waals surface area contributed by atoms with Crippen LogP contribution in [0.15, 0.2) is 0 Å². The summed E-state index contributed by atoms with van der Waals surface area (Å²) in [5.41, 5.74) is 5.05. The van der Waals surface area contributed by atoms with Gasteiger partial charge in [-0.25, -0.2) is 0 Å². The van der Waals surface area contributed by atoms with Crippen molar-refractivity contribution in [3.63, 3.8) is 0 Å². The minimum atomic E-state index is -0.620. The first-order valence-corrected chi connectivity index (χ1v) is 3.63. The third-order valence-corrected chi connectivity index (χ3v) is 1.07. The molecule has 1 atom stereocenters. The maximum atomic E-state index is 5.67. The van der Waals surface area contributed by atoms with Crippen LogP contribution in [0.1, 0.15) is 20.8 Å². The van der Waals surface area contributed by atoms with Crippen molar-refractivity contribution in [2.24, 2.45) is 5.73 Å². The van der Waals surface area contributed by atoms with Gasteiger partial charge in [-0.3, -0.25) is 0 Å². The van der Waals surface area contributed by atoms with Crippen LogP contribution in [0.3, 0.4) is 0 Å². The highest BCUT2D eigenvalue weighted by molar-refractivity contribution is 4.63. The zero-order valence-corrected chi connectivity index (χ0v) is 7.02. The fourth-order valence-corrected chi connectivity index (χ4v) is 0.676. The van der Waals surface area contributed by atoms with Gasteiger partial charge in [0.2, 0.25) is 0 Å². The molecule has 0 spiro atoms. The van der Waals surface area contributed by atoms with E-state index in [4.69, 9.17) is 15.2 Å². The predicted molar refractivity (Wildman–Crippen MR) is 40.7 cm³/mol.